The molecule has 0 heterocycles. The SMILES string of the molecule is COC(CCl)Cc1ccc(C)c(CC(CCl)OC)c1. The average Bonchev–Trinajstić information content (AvgIpc) is 2.44. The van der Waals surface area contributed by atoms with E-state index in [0.29, 0.717) is 11.8 Å². The topological polar surface area (TPSA) is 18.5 Å². The predicted molar refractivity (Wildman–Crippen MR) is 81.6 cm³/mol. The van der Waals surface area contributed by atoms with Crippen LogP contribution in [0, 0.1) is 6.92 Å². The Balaban J connectivity index is 2.81. The fourth-order valence-electron chi connectivity index (χ4n) is 1.98. The van der Waals surface area contributed by atoms with Gasteiger partial charge in [0.15, 0.2) is 0 Å². The van der Waals surface area contributed by atoms with Crippen molar-refractivity contribution in [3.8, 4) is 0 Å². The second-order valence-electron chi connectivity index (χ2n) is 4.69. The second-order valence-corrected chi connectivity index (χ2v) is 5.31. The fourth-order valence-corrected chi connectivity index (χ4v) is 2.45. The maximum atomic E-state index is 5.88. The lowest BCUT2D eigenvalue weighted by Gasteiger charge is -2.16. The first-order chi connectivity index (χ1) is 9.14. The first-order valence-corrected chi connectivity index (χ1v) is 7.47. The average molecular weight is 305 g/mol. The quantitative estimate of drug-likeness (QED) is 0.683. The van der Waals surface area contributed by atoms with Gasteiger partial charge in [-0.2, -0.15) is 0 Å². The fraction of sp³-hybridized carbons (Fsp3) is 0.600. The van der Waals surface area contributed by atoms with E-state index in [0.717, 1.165) is 12.8 Å². The third-order valence-electron chi connectivity index (χ3n) is 3.34. The van der Waals surface area contributed by atoms with Crippen LogP contribution in [0.3, 0.4) is 0 Å². The molecule has 19 heavy (non-hydrogen) atoms. The third kappa shape index (κ3) is 5.31. The largest absolute Gasteiger partial charge is 0.380 e. The monoisotopic (exact) mass is 304 g/mol. The van der Waals surface area contributed by atoms with E-state index in [1.165, 1.54) is 16.7 Å². The minimum Gasteiger partial charge on any atom is -0.380 e. The molecule has 2 atom stereocenters. The van der Waals surface area contributed by atoms with Crippen molar-refractivity contribution >= 4 is 23.2 Å². The zero-order valence-electron chi connectivity index (χ0n) is 11.8. The van der Waals surface area contributed by atoms with Gasteiger partial charge in [-0.1, -0.05) is 18.2 Å². The molecule has 0 aromatic heterocycles. The van der Waals surface area contributed by atoms with Crippen LogP contribution in [0.25, 0.3) is 0 Å². The molecule has 2 nitrogen and oxygen atoms in total. The Labute approximate surface area is 126 Å². The van der Waals surface area contributed by atoms with Crippen LogP contribution in [0.5, 0.6) is 0 Å². The number of halogens is 2. The molecule has 0 aliphatic carbocycles. The molecule has 1 aromatic rings. The summed E-state index contributed by atoms with van der Waals surface area (Å²) in [4.78, 5) is 0. The molecule has 0 fully saturated rings. The van der Waals surface area contributed by atoms with Crippen LogP contribution in [-0.4, -0.2) is 38.2 Å². The zero-order chi connectivity index (χ0) is 14.3. The number of alkyl halides is 2. The number of benzene rings is 1. The van der Waals surface area contributed by atoms with E-state index in [9.17, 15) is 0 Å². The molecule has 4 heteroatoms. The Kier molecular flexibility index (Phi) is 7.77. The highest BCUT2D eigenvalue weighted by Gasteiger charge is 2.12. The van der Waals surface area contributed by atoms with Gasteiger partial charge in [-0.25, -0.2) is 0 Å². The Morgan fingerprint density at radius 2 is 1.58 bits per heavy atom. The minimum absolute atomic E-state index is 0.0573. The molecule has 0 aliphatic heterocycles. The summed E-state index contributed by atoms with van der Waals surface area (Å²) in [6.45, 7) is 2.11. The van der Waals surface area contributed by atoms with Gasteiger partial charge in [-0.15, -0.1) is 23.2 Å². The van der Waals surface area contributed by atoms with Crippen LogP contribution >= 0.6 is 23.2 Å². The normalized spacial score (nSPS) is 14.4. The van der Waals surface area contributed by atoms with Crippen LogP contribution in [0.2, 0.25) is 0 Å². The number of aryl methyl sites for hydroxylation is 1. The Morgan fingerprint density at radius 3 is 2.11 bits per heavy atom. The standard InChI is InChI=1S/C15H22Cl2O2/c1-11-4-5-12(7-14(9-16)18-2)6-13(11)8-15(10-17)19-3/h4-6,14-15H,7-10H2,1-3H3. The van der Waals surface area contributed by atoms with E-state index in [4.69, 9.17) is 32.7 Å². The third-order valence-corrected chi connectivity index (χ3v) is 4.02. The van der Waals surface area contributed by atoms with Gasteiger partial charge in [0, 0.05) is 32.4 Å². The molecule has 108 valence electrons. The molecule has 0 N–H and O–H groups in total. The summed E-state index contributed by atoms with van der Waals surface area (Å²) in [6.07, 6.45) is 1.77. The summed E-state index contributed by atoms with van der Waals surface area (Å²) in [7, 11) is 3.39. The van der Waals surface area contributed by atoms with E-state index in [1.54, 1.807) is 14.2 Å². The lowest BCUT2D eigenvalue weighted by atomic mass is 9.98. The van der Waals surface area contributed by atoms with E-state index < -0.39 is 0 Å². The van der Waals surface area contributed by atoms with Gasteiger partial charge in [-0.3, -0.25) is 0 Å². The smallest absolute Gasteiger partial charge is 0.0746 e. The molecule has 0 saturated carbocycles. The summed E-state index contributed by atoms with van der Waals surface area (Å²) < 4.78 is 10.7. The first-order valence-electron chi connectivity index (χ1n) is 6.40. The van der Waals surface area contributed by atoms with Crippen molar-refractivity contribution in [1.82, 2.24) is 0 Å². The van der Waals surface area contributed by atoms with Crippen molar-refractivity contribution < 1.29 is 9.47 Å². The van der Waals surface area contributed by atoms with E-state index in [2.05, 4.69) is 25.1 Å². The Bertz CT molecular complexity index is 374. The minimum atomic E-state index is 0.0573. The molecule has 0 radical (unpaired) electrons. The maximum Gasteiger partial charge on any atom is 0.0746 e. The van der Waals surface area contributed by atoms with Crippen LogP contribution in [-0.2, 0) is 22.3 Å². The zero-order valence-corrected chi connectivity index (χ0v) is 13.3. The van der Waals surface area contributed by atoms with Gasteiger partial charge < -0.3 is 9.47 Å². The molecule has 0 spiro atoms. The van der Waals surface area contributed by atoms with Crippen molar-refractivity contribution in [1.29, 1.82) is 0 Å². The number of hydrogen-bond donors (Lipinski definition) is 0. The van der Waals surface area contributed by atoms with Gasteiger partial charge in [0.1, 0.15) is 0 Å². The second kappa shape index (κ2) is 8.80. The van der Waals surface area contributed by atoms with Crippen molar-refractivity contribution in [2.24, 2.45) is 0 Å². The highest BCUT2D eigenvalue weighted by Crippen LogP contribution is 2.17. The molecule has 0 amide bonds. The summed E-state index contributed by atoms with van der Waals surface area (Å²) in [5, 5.41) is 0. The summed E-state index contributed by atoms with van der Waals surface area (Å²) >= 11 is 11.7. The molecule has 2 unspecified atom stereocenters. The maximum absolute atomic E-state index is 5.88. The first kappa shape index (κ1) is 16.8. The van der Waals surface area contributed by atoms with Crippen LogP contribution in [0.15, 0.2) is 18.2 Å². The number of rotatable bonds is 8. The molecule has 1 aromatic carbocycles. The van der Waals surface area contributed by atoms with Crippen molar-refractivity contribution in [2.75, 3.05) is 26.0 Å². The van der Waals surface area contributed by atoms with Gasteiger partial charge in [0.2, 0.25) is 0 Å². The van der Waals surface area contributed by atoms with Gasteiger partial charge in [0.25, 0.3) is 0 Å². The molecule has 0 saturated heterocycles. The number of methoxy groups -OCH3 is 2. The highest BCUT2D eigenvalue weighted by molar-refractivity contribution is 6.18. The van der Waals surface area contributed by atoms with Gasteiger partial charge in [-0.05, 0) is 30.0 Å². The number of ether oxygens (including phenoxy) is 2. The lowest BCUT2D eigenvalue weighted by Crippen LogP contribution is -2.18. The van der Waals surface area contributed by atoms with Crippen molar-refractivity contribution in [3.05, 3.63) is 34.9 Å². The Hall–Kier alpha value is -0.280. The van der Waals surface area contributed by atoms with E-state index >= 15 is 0 Å². The van der Waals surface area contributed by atoms with Gasteiger partial charge >= 0.3 is 0 Å². The van der Waals surface area contributed by atoms with Crippen molar-refractivity contribution in [2.45, 2.75) is 32.0 Å². The molecule has 1 rings (SSSR count). The number of hydrogen-bond acceptors (Lipinski definition) is 2. The van der Waals surface area contributed by atoms with Gasteiger partial charge in [0.05, 0.1) is 12.2 Å². The molecule has 0 aliphatic rings. The van der Waals surface area contributed by atoms with E-state index in [-0.39, 0.29) is 12.2 Å². The molecule has 0 bridgehead atoms. The summed E-state index contributed by atoms with van der Waals surface area (Å²) in [6, 6.07) is 6.46. The summed E-state index contributed by atoms with van der Waals surface area (Å²) in [5.74, 6) is 1.00. The van der Waals surface area contributed by atoms with Crippen molar-refractivity contribution in [3.63, 3.8) is 0 Å². The van der Waals surface area contributed by atoms with Crippen LogP contribution < -0.4 is 0 Å². The van der Waals surface area contributed by atoms with E-state index in [1.807, 2.05) is 0 Å². The lowest BCUT2D eigenvalue weighted by molar-refractivity contribution is 0.120. The Morgan fingerprint density at radius 1 is 1.00 bits per heavy atom. The van der Waals surface area contributed by atoms with Crippen LogP contribution in [0.4, 0.5) is 0 Å². The van der Waals surface area contributed by atoms with Crippen LogP contribution in [0.1, 0.15) is 16.7 Å². The summed E-state index contributed by atoms with van der Waals surface area (Å²) in [5.41, 5.74) is 3.77. The molecular formula is C15H22Cl2O2. The molecular weight excluding hydrogens is 283 g/mol. The highest BCUT2D eigenvalue weighted by atomic mass is 35.5. The predicted octanol–water partition coefficient (Wildman–Crippen LogP) is 3.59.